The molecule has 162 valence electrons. The van der Waals surface area contributed by atoms with Crippen LogP contribution in [-0.2, 0) is 4.79 Å². The molecule has 2 N–H and O–H groups in total. The predicted molar refractivity (Wildman–Crippen MR) is 116 cm³/mol. The molecule has 1 aromatic carbocycles. The smallest absolute Gasteiger partial charge is 0.260 e. The van der Waals surface area contributed by atoms with Crippen LogP contribution in [0.25, 0.3) is 0 Å². The van der Waals surface area contributed by atoms with E-state index in [4.69, 9.17) is 10.5 Å². The van der Waals surface area contributed by atoms with Gasteiger partial charge in [0.05, 0.1) is 0 Å². The molecule has 4 atom stereocenters. The molecule has 2 aliphatic heterocycles. The van der Waals surface area contributed by atoms with Gasteiger partial charge in [-0.15, -0.1) is 12.4 Å². The summed E-state index contributed by atoms with van der Waals surface area (Å²) in [6.45, 7) is 7.63. The predicted octanol–water partition coefficient (Wildman–Crippen LogP) is 3.09. The summed E-state index contributed by atoms with van der Waals surface area (Å²) < 4.78 is 5.70. The highest BCUT2D eigenvalue weighted by Gasteiger charge is 2.32. The van der Waals surface area contributed by atoms with Crippen LogP contribution in [0.2, 0.25) is 0 Å². The Hall–Kier alpha value is -1.79. The van der Waals surface area contributed by atoms with Crippen LogP contribution < -0.4 is 10.5 Å². The van der Waals surface area contributed by atoms with E-state index in [1.165, 1.54) is 6.42 Å². The number of carbonyl (C=O) groups excluding carboxylic acids is 2. The molecule has 2 heterocycles. The van der Waals surface area contributed by atoms with Gasteiger partial charge in [0.2, 0.25) is 0 Å². The first-order chi connectivity index (χ1) is 13.4. The van der Waals surface area contributed by atoms with E-state index in [1.54, 1.807) is 24.3 Å². The third-order valence-electron chi connectivity index (χ3n) is 6.20. The van der Waals surface area contributed by atoms with Crippen molar-refractivity contribution < 1.29 is 14.3 Å². The lowest BCUT2D eigenvalue weighted by atomic mass is 9.97. The molecule has 0 radical (unpaired) electrons. The molecule has 2 amide bonds. The molecule has 0 saturated carbocycles. The molecule has 0 aromatic heterocycles. The summed E-state index contributed by atoms with van der Waals surface area (Å²) >= 11 is 0. The van der Waals surface area contributed by atoms with Crippen molar-refractivity contribution in [2.24, 2.45) is 11.7 Å². The van der Waals surface area contributed by atoms with E-state index in [2.05, 4.69) is 20.8 Å². The zero-order valence-corrected chi connectivity index (χ0v) is 18.5. The molecule has 1 aromatic rings. The van der Waals surface area contributed by atoms with Crippen LogP contribution in [0.3, 0.4) is 0 Å². The standard InChI is InChI=1S/C22H33N3O3.ClH/c1-15-5-4-6-16(2)25(15)21(26)14-28-20-9-7-19(8-10-20)22(27)24-13-18(12-23)11-17(24)3;/h7-10,15-18H,4-6,11-14,23H2,1-3H3;1H. The van der Waals surface area contributed by atoms with Crippen LogP contribution in [-0.4, -0.2) is 59.4 Å². The lowest BCUT2D eigenvalue weighted by molar-refractivity contribution is -0.139. The highest BCUT2D eigenvalue weighted by molar-refractivity contribution is 5.94. The first-order valence-electron chi connectivity index (χ1n) is 10.5. The van der Waals surface area contributed by atoms with Gasteiger partial charge in [0.15, 0.2) is 6.61 Å². The maximum Gasteiger partial charge on any atom is 0.260 e. The van der Waals surface area contributed by atoms with E-state index in [0.717, 1.165) is 25.8 Å². The molecule has 0 bridgehead atoms. The fourth-order valence-electron chi connectivity index (χ4n) is 4.59. The average molecular weight is 424 g/mol. The van der Waals surface area contributed by atoms with Gasteiger partial charge in [-0.05, 0) is 83.2 Å². The van der Waals surface area contributed by atoms with Gasteiger partial charge in [-0.3, -0.25) is 9.59 Å². The van der Waals surface area contributed by atoms with E-state index in [9.17, 15) is 9.59 Å². The van der Waals surface area contributed by atoms with Crippen molar-refractivity contribution in [2.45, 2.75) is 64.6 Å². The fourth-order valence-corrected chi connectivity index (χ4v) is 4.59. The minimum absolute atomic E-state index is 0. The maximum atomic E-state index is 12.8. The van der Waals surface area contributed by atoms with E-state index >= 15 is 0 Å². The Kier molecular flexibility index (Phi) is 8.34. The number of rotatable bonds is 5. The molecule has 0 spiro atoms. The number of amides is 2. The largest absolute Gasteiger partial charge is 0.484 e. The quantitative estimate of drug-likeness (QED) is 0.789. The van der Waals surface area contributed by atoms with Gasteiger partial charge in [0.1, 0.15) is 5.75 Å². The second kappa shape index (κ2) is 10.3. The number of hydrogen-bond acceptors (Lipinski definition) is 4. The van der Waals surface area contributed by atoms with Crippen molar-refractivity contribution in [2.75, 3.05) is 19.7 Å². The number of nitrogens with zero attached hydrogens (tertiary/aromatic N) is 2. The number of hydrogen-bond donors (Lipinski definition) is 1. The first-order valence-corrected chi connectivity index (χ1v) is 10.5. The van der Waals surface area contributed by atoms with Crippen molar-refractivity contribution in [1.29, 1.82) is 0 Å². The number of likely N-dealkylation sites (tertiary alicyclic amines) is 2. The zero-order valence-electron chi connectivity index (χ0n) is 17.7. The van der Waals surface area contributed by atoms with Crippen LogP contribution in [0.5, 0.6) is 5.75 Å². The minimum atomic E-state index is 0. The summed E-state index contributed by atoms with van der Waals surface area (Å²) in [5.41, 5.74) is 6.40. The molecule has 4 unspecified atom stereocenters. The number of halogens is 1. The topological polar surface area (TPSA) is 75.9 Å². The van der Waals surface area contributed by atoms with Gasteiger partial charge in [-0.2, -0.15) is 0 Å². The summed E-state index contributed by atoms with van der Waals surface area (Å²) in [6, 6.07) is 7.82. The van der Waals surface area contributed by atoms with Crippen LogP contribution in [0.15, 0.2) is 24.3 Å². The molecule has 2 saturated heterocycles. The Morgan fingerprint density at radius 3 is 2.24 bits per heavy atom. The number of benzene rings is 1. The van der Waals surface area contributed by atoms with Crippen molar-refractivity contribution >= 4 is 24.2 Å². The van der Waals surface area contributed by atoms with E-state index in [0.29, 0.717) is 23.8 Å². The van der Waals surface area contributed by atoms with Gasteiger partial charge < -0.3 is 20.3 Å². The number of nitrogens with two attached hydrogens (primary N) is 1. The molecular weight excluding hydrogens is 390 g/mol. The number of ether oxygens (including phenoxy) is 1. The Balaban J connectivity index is 0.00000300. The lowest BCUT2D eigenvalue weighted by Gasteiger charge is -2.38. The number of carbonyl (C=O) groups is 2. The summed E-state index contributed by atoms with van der Waals surface area (Å²) in [4.78, 5) is 29.2. The number of piperidine rings is 1. The van der Waals surface area contributed by atoms with Gasteiger partial charge in [-0.25, -0.2) is 0 Å². The van der Waals surface area contributed by atoms with Crippen molar-refractivity contribution in [3.05, 3.63) is 29.8 Å². The Morgan fingerprint density at radius 2 is 1.69 bits per heavy atom. The Morgan fingerprint density at radius 1 is 1.07 bits per heavy atom. The second-order valence-corrected chi connectivity index (χ2v) is 8.39. The Labute approximate surface area is 180 Å². The van der Waals surface area contributed by atoms with Crippen molar-refractivity contribution in [1.82, 2.24) is 9.80 Å². The minimum Gasteiger partial charge on any atom is -0.484 e. The van der Waals surface area contributed by atoms with Gasteiger partial charge in [0, 0.05) is 30.2 Å². The average Bonchev–Trinajstić information content (AvgIpc) is 3.07. The third-order valence-corrected chi connectivity index (χ3v) is 6.20. The van der Waals surface area contributed by atoms with Gasteiger partial charge in [0.25, 0.3) is 11.8 Å². The Bertz CT molecular complexity index is 687. The highest BCUT2D eigenvalue weighted by atomic mass is 35.5. The van der Waals surface area contributed by atoms with E-state index in [1.807, 2.05) is 9.80 Å². The molecule has 2 fully saturated rings. The summed E-state index contributed by atoms with van der Waals surface area (Å²) in [7, 11) is 0. The molecule has 7 heteroatoms. The molecule has 6 nitrogen and oxygen atoms in total. The fraction of sp³-hybridized carbons (Fsp3) is 0.636. The molecule has 3 rings (SSSR count). The van der Waals surface area contributed by atoms with Gasteiger partial charge in [-0.1, -0.05) is 0 Å². The monoisotopic (exact) mass is 423 g/mol. The summed E-state index contributed by atoms with van der Waals surface area (Å²) in [5.74, 6) is 1.05. The SMILES string of the molecule is CC1CC(CN)CN1C(=O)c1ccc(OCC(=O)N2C(C)CCCC2C)cc1.Cl. The second-order valence-electron chi connectivity index (χ2n) is 8.39. The molecule has 0 aliphatic carbocycles. The van der Waals surface area contributed by atoms with Gasteiger partial charge >= 0.3 is 0 Å². The maximum absolute atomic E-state index is 12.8. The first kappa shape index (κ1) is 23.5. The van der Waals surface area contributed by atoms with Crippen molar-refractivity contribution in [3.8, 4) is 5.75 Å². The van der Waals surface area contributed by atoms with Crippen LogP contribution in [0, 0.1) is 5.92 Å². The molecule has 2 aliphatic rings. The summed E-state index contributed by atoms with van der Waals surface area (Å²) in [5, 5.41) is 0. The van der Waals surface area contributed by atoms with Crippen molar-refractivity contribution in [3.63, 3.8) is 0 Å². The third kappa shape index (κ3) is 5.43. The van der Waals surface area contributed by atoms with Crippen LogP contribution >= 0.6 is 12.4 Å². The lowest BCUT2D eigenvalue weighted by Crippen LogP contribution is -2.49. The summed E-state index contributed by atoms with van der Waals surface area (Å²) in [6.07, 6.45) is 4.22. The highest BCUT2D eigenvalue weighted by Crippen LogP contribution is 2.25. The molecular formula is C22H34ClN3O3. The van der Waals surface area contributed by atoms with E-state index in [-0.39, 0.29) is 49.0 Å². The van der Waals surface area contributed by atoms with Crippen LogP contribution in [0.4, 0.5) is 0 Å². The molecule has 29 heavy (non-hydrogen) atoms. The normalized spacial score (nSPS) is 26.8. The van der Waals surface area contributed by atoms with Crippen LogP contribution in [0.1, 0.15) is 56.8 Å². The van der Waals surface area contributed by atoms with E-state index < -0.39 is 0 Å². The zero-order chi connectivity index (χ0) is 20.3.